The number of piperidine rings is 1. The normalized spacial score (nSPS) is 22.2. The first-order valence-corrected chi connectivity index (χ1v) is 14.9. The molecule has 8 rings (SSSR count). The second-order valence-electron chi connectivity index (χ2n) is 12.6. The number of nitrogens with zero attached hydrogens (tertiary/aromatic N) is 5. The van der Waals surface area contributed by atoms with Crippen molar-refractivity contribution in [3.63, 3.8) is 0 Å². The van der Waals surface area contributed by atoms with Crippen LogP contribution in [0.5, 0.6) is 5.75 Å². The highest BCUT2D eigenvalue weighted by atomic mass is 16.5. The third-order valence-electron chi connectivity index (χ3n) is 9.77. The average Bonchev–Trinajstić information content (AvgIpc) is 3.27. The average molecular weight is 549 g/mol. The summed E-state index contributed by atoms with van der Waals surface area (Å²) in [5, 5.41) is 1.10. The van der Waals surface area contributed by atoms with Crippen molar-refractivity contribution < 1.29 is 9.53 Å². The van der Waals surface area contributed by atoms with Gasteiger partial charge in [-0.1, -0.05) is 6.92 Å². The van der Waals surface area contributed by atoms with Gasteiger partial charge >= 0.3 is 0 Å². The standard InChI is InChI=1S/C33H36N6O2/c1-19-10-21-11-25(19)18-38(16-21)33(40)24-12-27-30(29(14-24)41-3)37(2)32(36-27)28-13-22-6-7-26(23-8-9-34-15-23)35-31(22)39(28)17-20-4-5-20/h6-9,12-15,19-21,25,34H,4-5,10-11,16-18H2,1-3H3/t19-,21?,25?/m0/s1. The Morgan fingerprint density at radius 1 is 1.10 bits per heavy atom. The van der Waals surface area contributed by atoms with Gasteiger partial charge in [0.1, 0.15) is 16.9 Å². The van der Waals surface area contributed by atoms with Crippen molar-refractivity contribution in [3.8, 4) is 28.5 Å². The van der Waals surface area contributed by atoms with E-state index in [9.17, 15) is 4.79 Å². The SMILES string of the molecule is COc1cc(C(=O)N2CC3CC(C2)[C@@H](C)C3)cc2nc(-c3cc4ccc(-c5cc[nH]c5)nc4n3CC3CC3)n(C)c12. The van der Waals surface area contributed by atoms with Crippen molar-refractivity contribution in [1.29, 1.82) is 0 Å². The first kappa shape index (κ1) is 24.7. The fourth-order valence-corrected chi connectivity index (χ4v) is 7.41. The maximum atomic E-state index is 13.7. The van der Waals surface area contributed by atoms with Gasteiger partial charge in [-0.3, -0.25) is 4.79 Å². The fourth-order valence-electron chi connectivity index (χ4n) is 7.41. The minimum atomic E-state index is 0.0885. The van der Waals surface area contributed by atoms with Crippen molar-refractivity contribution >= 4 is 28.0 Å². The monoisotopic (exact) mass is 548 g/mol. The highest BCUT2D eigenvalue weighted by Gasteiger charge is 2.39. The highest BCUT2D eigenvalue weighted by Crippen LogP contribution is 2.42. The van der Waals surface area contributed by atoms with Gasteiger partial charge in [-0.05, 0) is 85.8 Å². The first-order chi connectivity index (χ1) is 20.0. The predicted molar refractivity (Wildman–Crippen MR) is 160 cm³/mol. The molecule has 2 aliphatic carbocycles. The zero-order valence-corrected chi connectivity index (χ0v) is 23.9. The summed E-state index contributed by atoms with van der Waals surface area (Å²) in [4.78, 5) is 29.2. The molecule has 8 heteroatoms. The van der Waals surface area contributed by atoms with Crippen LogP contribution in [0.3, 0.4) is 0 Å². The number of amides is 1. The van der Waals surface area contributed by atoms with Crippen LogP contribution in [0.1, 0.15) is 43.0 Å². The summed E-state index contributed by atoms with van der Waals surface area (Å²) in [7, 11) is 3.71. The van der Waals surface area contributed by atoms with E-state index in [-0.39, 0.29) is 5.91 Å². The molecule has 3 fully saturated rings. The number of nitrogens with one attached hydrogen (secondary N) is 1. The number of benzene rings is 1. The largest absolute Gasteiger partial charge is 0.494 e. The molecule has 5 heterocycles. The number of carbonyl (C=O) groups excluding carboxylic acids is 1. The molecule has 4 aromatic heterocycles. The van der Waals surface area contributed by atoms with E-state index < -0.39 is 0 Å². The van der Waals surface area contributed by atoms with Gasteiger partial charge < -0.3 is 23.8 Å². The third kappa shape index (κ3) is 4.06. The van der Waals surface area contributed by atoms with Gasteiger partial charge in [0.05, 0.1) is 24.0 Å². The number of rotatable bonds is 6. The van der Waals surface area contributed by atoms with Gasteiger partial charge in [0.15, 0.2) is 5.82 Å². The van der Waals surface area contributed by atoms with E-state index in [2.05, 4.69) is 50.2 Å². The van der Waals surface area contributed by atoms with Crippen molar-refractivity contribution in [2.75, 3.05) is 20.2 Å². The number of likely N-dealkylation sites (tertiary alicyclic amines) is 1. The van der Waals surface area contributed by atoms with E-state index in [0.717, 1.165) is 64.5 Å². The molecule has 8 nitrogen and oxygen atoms in total. The number of hydrogen-bond donors (Lipinski definition) is 1. The van der Waals surface area contributed by atoms with Crippen molar-refractivity contribution in [1.82, 2.24) is 29.0 Å². The van der Waals surface area contributed by atoms with Gasteiger partial charge in [0.25, 0.3) is 5.91 Å². The summed E-state index contributed by atoms with van der Waals surface area (Å²) in [5.41, 5.74) is 6.39. The second-order valence-corrected chi connectivity index (χ2v) is 12.6. The van der Waals surface area contributed by atoms with Crippen LogP contribution in [-0.4, -0.2) is 55.1 Å². The zero-order valence-electron chi connectivity index (χ0n) is 23.9. The van der Waals surface area contributed by atoms with E-state index in [1.165, 1.54) is 25.7 Å². The number of ether oxygens (including phenoxy) is 1. The summed E-state index contributed by atoms with van der Waals surface area (Å²) in [6.07, 6.45) is 8.89. The van der Waals surface area contributed by atoms with E-state index in [0.29, 0.717) is 35.0 Å². The van der Waals surface area contributed by atoms with Gasteiger partial charge in [0, 0.05) is 55.6 Å². The molecule has 1 aromatic carbocycles. The van der Waals surface area contributed by atoms with Crippen LogP contribution in [-0.2, 0) is 13.6 Å². The van der Waals surface area contributed by atoms with E-state index >= 15 is 0 Å². The van der Waals surface area contributed by atoms with Crippen LogP contribution in [0, 0.1) is 23.7 Å². The molecule has 2 unspecified atom stereocenters. The number of H-pyrrole nitrogens is 1. The van der Waals surface area contributed by atoms with Crippen molar-refractivity contribution in [2.45, 2.75) is 39.2 Å². The molecular weight excluding hydrogens is 512 g/mol. The molecule has 1 N–H and O–H groups in total. The number of methoxy groups -OCH3 is 1. The Morgan fingerprint density at radius 2 is 1.98 bits per heavy atom. The second kappa shape index (κ2) is 9.23. The van der Waals surface area contributed by atoms with Crippen LogP contribution in [0.15, 0.2) is 48.8 Å². The lowest BCUT2D eigenvalue weighted by molar-refractivity contribution is 0.0653. The molecule has 3 atom stereocenters. The maximum absolute atomic E-state index is 13.7. The first-order valence-electron chi connectivity index (χ1n) is 14.9. The Labute approximate surface area is 239 Å². The molecule has 2 saturated carbocycles. The summed E-state index contributed by atoms with van der Waals surface area (Å²) in [6.45, 7) is 4.96. The summed E-state index contributed by atoms with van der Waals surface area (Å²) in [6, 6.07) is 12.4. The number of pyridine rings is 1. The molecule has 0 radical (unpaired) electrons. The number of aromatic nitrogens is 5. The molecule has 1 amide bonds. The third-order valence-corrected chi connectivity index (χ3v) is 9.77. The van der Waals surface area contributed by atoms with E-state index in [1.54, 1.807) is 7.11 Å². The number of aromatic amines is 1. The molecule has 1 saturated heterocycles. The quantitative estimate of drug-likeness (QED) is 0.277. The van der Waals surface area contributed by atoms with Gasteiger partial charge in [-0.15, -0.1) is 0 Å². The van der Waals surface area contributed by atoms with Crippen molar-refractivity contribution in [2.24, 2.45) is 30.7 Å². The smallest absolute Gasteiger partial charge is 0.254 e. The van der Waals surface area contributed by atoms with E-state index in [4.69, 9.17) is 14.7 Å². The maximum Gasteiger partial charge on any atom is 0.254 e. The number of imidazole rings is 1. The Kier molecular flexibility index (Phi) is 5.56. The molecule has 0 spiro atoms. The van der Waals surface area contributed by atoms with Crippen LogP contribution in [0.4, 0.5) is 0 Å². The number of aryl methyl sites for hydroxylation is 1. The van der Waals surface area contributed by atoms with Gasteiger partial charge in [-0.2, -0.15) is 0 Å². The molecule has 1 aliphatic heterocycles. The summed E-state index contributed by atoms with van der Waals surface area (Å²) in [5.74, 6) is 4.23. The highest BCUT2D eigenvalue weighted by molar-refractivity contribution is 6.00. The molecule has 41 heavy (non-hydrogen) atoms. The van der Waals surface area contributed by atoms with Gasteiger partial charge in [0.2, 0.25) is 0 Å². The molecule has 210 valence electrons. The van der Waals surface area contributed by atoms with Crippen molar-refractivity contribution in [3.05, 3.63) is 54.4 Å². The number of hydrogen-bond acceptors (Lipinski definition) is 4. The lowest BCUT2D eigenvalue weighted by Gasteiger charge is -2.32. The summed E-state index contributed by atoms with van der Waals surface area (Å²) < 4.78 is 10.3. The number of fused-ring (bicyclic) bond motifs is 4. The molecule has 5 aromatic rings. The van der Waals surface area contributed by atoms with Crippen LogP contribution in [0.25, 0.3) is 44.8 Å². The topological polar surface area (TPSA) is 81.0 Å². The Bertz CT molecular complexity index is 1790. The molecular formula is C33H36N6O2. The zero-order chi connectivity index (χ0) is 27.8. The van der Waals surface area contributed by atoms with E-state index in [1.807, 2.05) is 31.6 Å². The fraction of sp³-hybridized carbons (Fsp3) is 0.424. The van der Waals surface area contributed by atoms with Crippen LogP contribution >= 0.6 is 0 Å². The number of carbonyl (C=O) groups is 1. The Morgan fingerprint density at radius 3 is 2.73 bits per heavy atom. The summed E-state index contributed by atoms with van der Waals surface area (Å²) >= 11 is 0. The van der Waals surface area contributed by atoms with Crippen LogP contribution < -0.4 is 4.74 Å². The lowest BCUT2D eigenvalue weighted by atomic mass is 9.95. The Hall–Kier alpha value is -4.07. The molecule has 3 aliphatic rings. The Balaban J connectivity index is 1.23. The minimum absolute atomic E-state index is 0.0885. The minimum Gasteiger partial charge on any atom is -0.494 e. The lowest BCUT2D eigenvalue weighted by Crippen LogP contribution is -2.41. The van der Waals surface area contributed by atoms with Crippen LogP contribution in [0.2, 0.25) is 0 Å². The molecule has 2 bridgehead atoms. The van der Waals surface area contributed by atoms with Gasteiger partial charge in [-0.25, -0.2) is 9.97 Å². The predicted octanol–water partition coefficient (Wildman–Crippen LogP) is 6.12.